The van der Waals surface area contributed by atoms with E-state index in [2.05, 4.69) is 38.0 Å². The summed E-state index contributed by atoms with van der Waals surface area (Å²) in [5.74, 6) is 1.39. The summed E-state index contributed by atoms with van der Waals surface area (Å²) >= 11 is -1.05. The molecule has 41 heavy (non-hydrogen) atoms. The van der Waals surface area contributed by atoms with Crippen LogP contribution in [0.5, 0.6) is 5.88 Å². The highest BCUT2D eigenvalue weighted by Crippen LogP contribution is 2.14. The van der Waals surface area contributed by atoms with Crippen LogP contribution in [0.4, 0.5) is 0 Å². The van der Waals surface area contributed by atoms with Gasteiger partial charge in [-0.3, -0.25) is 0 Å². The van der Waals surface area contributed by atoms with Crippen LogP contribution in [0.15, 0.2) is 18.6 Å². The first-order valence-electron chi connectivity index (χ1n) is 16.1. The maximum absolute atomic E-state index is 12.7. The summed E-state index contributed by atoms with van der Waals surface area (Å²) in [5.41, 5.74) is 0. The quantitative estimate of drug-likeness (QED) is 0.0767. The minimum Gasteiger partial charge on any atom is -1.00 e. The van der Waals surface area contributed by atoms with E-state index in [1.54, 1.807) is 12.3 Å². The van der Waals surface area contributed by atoms with E-state index in [0.29, 0.717) is 43.8 Å². The van der Waals surface area contributed by atoms with Crippen molar-refractivity contribution in [2.45, 2.75) is 116 Å². The molecule has 9 heteroatoms. The third-order valence-electron chi connectivity index (χ3n) is 7.02. The second-order valence-corrected chi connectivity index (χ2v) is 13.7. The number of quaternary nitrogens is 1. The molecular formula is C32H62ClN3O4S. The van der Waals surface area contributed by atoms with Crippen molar-refractivity contribution in [3.8, 4) is 5.88 Å². The Morgan fingerprint density at radius 3 is 1.85 bits per heavy atom. The number of nitrogens with zero attached hydrogens (tertiary/aromatic N) is 3. The van der Waals surface area contributed by atoms with E-state index in [4.69, 9.17) is 14.2 Å². The maximum Gasteiger partial charge on any atom is 0.216 e. The van der Waals surface area contributed by atoms with Gasteiger partial charge in [-0.25, -0.2) is 9.97 Å². The molecule has 2 atom stereocenters. The van der Waals surface area contributed by atoms with Gasteiger partial charge in [-0.2, -0.15) is 0 Å². The van der Waals surface area contributed by atoms with Crippen molar-refractivity contribution >= 4 is 11.2 Å². The van der Waals surface area contributed by atoms with Gasteiger partial charge in [0.15, 0.2) is 6.10 Å². The first-order chi connectivity index (χ1) is 19.4. The topological polar surface area (TPSA) is 76.5 Å². The monoisotopic (exact) mass is 619 g/mol. The van der Waals surface area contributed by atoms with E-state index < -0.39 is 11.2 Å². The van der Waals surface area contributed by atoms with Crippen LogP contribution in [0.3, 0.4) is 0 Å². The highest BCUT2D eigenvalue weighted by molar-refractivity contribution is 7.91. The number of halogens is 1. The Labute approximate surface area is 262 Å². The molecule has 0 N–H and O–H groups in total. The van der Waals surface area contributed by atoms with Gasteiger partial charge in [-0.15, -0.1) is 0 Å². The van der Waals surface area contributed by atoms with E-state index in [9.17, 15) is 4.55 Å². The van der Waals surface area contributed by atoms with Gasteiger partial charge in [-0.1, -0.05) is 103 Å². The summed E-state index contributed by atoms with van der Waals surface area (Å²) < 4.78 is 31.1. The zero-order valence-electron chi connectivity index (χ0n) is 26.8. The molecule has 0 saturated heterocycles. The molecule has 7 nitrogen and oxygen atoms in total. The molecule has 242 valence electrons. The van der Waals surface area contributed by atoms with Crippen molar-refractivity contribution < 1.29 is 35.7 Å². The highest BCUT2D eigenvalue weighted by atomic mass is 35.5. The zero-order chi connectivity index (χ0) is 29.2. The van der Waals surface area contributed by atoms with Crippen molar-refractivity contribution in [1.82, 2.24) is 9.97 Å². The Balaban J connectivity index is 0.0000160. The summed E-state index contributed by atoms with van der Waals surface area (Å²) in [5, 5.41) is 0. The molecular weight excluding hydrogens is 558 g/mol. The third kappa shape index (κ3) is 27.9. The predicted octanol–water partition coefficient (Wildman–Crippen LogP) is 3.98. The Morgan fingerprint density at radius 2 is 1.34 bits per heavy atom. The van der Waals surface area contributed by atoms with Gasteiger partial charge in [0.1, 0.15) is 24.4 Å². The van der Waals surface area contributed by atoms with Crippen molar-refractivity contribution in [1.29, 1.82) is 0 Å². The van der Waals surface area contributed by atoms with E-state index in [0.717, 1.165) is 17.4 Å². The molecule has 0 bridgehead atoms. The summed E-state index contributed by atoms with van der Waals surface area (Å²) in [4.78, 5) is 8.09. The molecule has 0 aromatic carbocycles. The third-order valence-corrected chi connectivity index (χ3v) is 8.39. The summed E-state index contributed by atoms with van der Waals surface area (Å²) in [6, 6.07) is 1.72. The molecule has 0 saturated carbocycles. The SMILES string of the molecule is CCCCCCCCCCCCCCCCCCOCC(C[S+]([O-])CCOCC[N+](C)(C)C)Oc1ccncn1.[Cl-]. The molecule has 0 spiro atoms. The molecule has 0 fully saturated rings. The molecule has 1 heterocycles. The van der Waals surface area contributed by atoms with Crippen LogP contribution in [0, 0.1) is 0 Å². The van der Waals surface area contributed by atoms with Gasteiger partial charge in [-0.05, 0) is 17.6 Å². The standard InChI is InChI=1S/C32H62N3O4S.ClH/c1-5-6-7-8-9-10-11-12-13-14-15-16-17-18-19-20-24-38-28-31(39-32-21-22-33-30-34-32)29-40(36)27-26-37-25-23-35(2,3)4;/h21-22,30-31H,5-20,23-29H2,1-4H3;1H/q+1;/p-1. The molecule has 0 radical (unpaired) electrons. The average molecular weight is 620 g/mol. The summed E-state index contributed by atoms with van der Waals surface area (Å²) in [7, 11) is 6.41. The maximum atomic E-state index is 12.7. The van der Waals surface area contributed by atoms with Crippen LogP contribution in [-0.2, 0) is 20.6 Å². The number of ether oxygens (including phenoxy) is 3. The van der Waals surface area contributed by atoms with Crippen LogP contribution in [0.25, 0.3) is 0 Å². The zero-order valence-corrected chi connectivity index (χ0v) is 28.4. The fourth-order valence-electron chi connectivity index (χ4n) is 4.49. The van der Waals surface area contributed by atoms with E-state index in [-0.39, 0.29) is 18.5 Å². The van der Waals surface area contributed by atoms with E-state index >= 15 is 0 Å². The van der Waals surface area contributed by atoms with Crippen LogP contribution in [0.1, 0.15) is 110 Å². The Hall–Kier alpha value is -0.640. The van der Waals surface area contributed by atoms with Gasteiger partial charge in [0.25, 0.3) is 0 Å². The molecule has 1 rings (SSSR count). The van der Waals surface area contributed by atoms with Gasteiger partial charge in [0, 0.05) is 18.9 Å². The minimum atomic E-state index is -1.05. The summed E-state index contributed by atoms with van der Waals surface area (Å²) in [6.45, 7) is 5.50. The van der Waals surface area contributed by atoms with Gasteiger partial charge >= 0.3 is 0 Å². The van der Waals surface area contributed by atoms with Gasteiger partial charge < -0.3 is 35.7 Å². The molecule has 0 aliphatic carbocycles. The van der Waals surface area contributed by atoms with E-state index in [1.807, 2.05) is 0 Å². The largest absolute Gasteiger partial charge is 1.00 e. The number of unbranched alkanes of at least 4 members (excludes halogenated alkanes) is 15. The molecule has 0 aliphatic heterocycles. The van der Waals surface area contributed by atoms with E-state index in [1.165, 1.54) is 103 Å². The average Bonchev–Trinajstić information content (AvgIpc) is 2.92. The lowest BCUT2D eigenvalue weighted by Gasteiger charge is -2.23. The fraction of sp³-hybridized carbons (Fsp3) is 0.875. The van der Waals surface area contributed by atoms with Crippen molar-refractivity contribution in [2.75, 3.05) is 65.6 Å². The number of hydrogen-bond acceptors (Lipinski definition) is 6. The molecule has 2 unspecified atom stereocenters. The van der Waals surface area contributed by atoms with Gasteiger partial charge in [0.2, 0.25) is 5.88 Å². The highest BCUT2D eigenvalue weighted by Gasteiger charge is 2.20. The number of aromatic nitrogens is 2. The van der Waals surface area contributed by atoms with Crippen molar-refractivity contribution in [3.05, 3.63) is 18.6 Å². The number of hydrogen-bond donors (Lipinski definition) is 0. The van der Waals surface area contributed by atoms with Crippen LogP contribution < -0.4 is 17.1 Å². The van der Waals surface area contributed by atoms with Crippen molar-refractivity contribution in [2.24, 2.45) is 0 Å². The lowest BCUT2D eigenvalue weighted by Crippen LogP contribution is -3.00. The Kier molecular flexibility index (Phi) is 27.7. The molecule has 0 aliphatic rings. The van der Waals surface area contributed by atoms with Crippen LogP contribution >= 0.6 is 0 Å². The lowest BCUT2D eigenvalue weighted by atomic mass is 10.0. The second-order valence-electron chi connectivity index (χ2n) is 12.1. The second kappa shape index (κ2) is 28.1. The van der Waals surface area contributed by atoms with Crippen LogP contribution in [0.2, 0.25) is 0 Å². The Bertz CT molecular complexity index is 670. The molecule has 1 aromatic rings. The Morgan fingerprint density at radius 1 is 0.780 bits per heavy atom. The smallest absolute Gasteiger partial charge is 0.216 e. The first kappa shape index (κ1) is 40.4. The fourth-order valence-corrected chi connectivity index (χ4v) is 5.53. The van der Waals surface area contributed by atoms with Crippen molar-refractivity contribution in [3.63, 3.8) is 0 Å². The summed E-state index contributed by atoms with van der Waals surface area (Å²) in [6.07, 6.45) is 24.6. The lowest BCUT2D eigenvalue weighted by molar-refractivity contribution is -0.870. The first-order valence-corrected chi connectivity index (χ1v) is 17.6. The van der Waals surface area contributed by atoms with Crippen LogP contribution in [-0.4, -0.2) is 90.7 Å². The number of rotatable bonds is 29. The normalized spacial score (nSPS) is 13.1. The minimum absolute atomic E-state index is 0. The molecule has 1 aromatic heterocycles. The molecule has 0 amide bonds. The number of likely N-dealkylation sites (N-methyl/N-ethyl adjacent to an activating group) is 1. The predicted molar refractivity (Wildman–Crippen MR) is 168 cm³/mol. The van der Waals surface area contributed by atoms with Gasteiger partial charge in [0.05, 0.1) is 41.0 Å².